The van der Waals surface area contributed by atoms with Crippen LogP contribution in [0.1, 0.15) is 25.5 Å². The average molecular weight is 181 g/mol. The Morgan fingerprint density at radius 2 is 1.85 bits per heavy atom. The SMILES string of the molecule is CC(C)NC(CF)c1ccccc1. The van der Waals surface area contributed by atoms with Crippen molar-refractivity contribution in [3.8, 4) is 0 Å². The Bertz CT molecular complexity index is 233. The van der Waals surface area contributed by atoms with Gasteiger partial charge in [0, 0.05) is 6.04 Å². The van der Waals surface area contributed by atoms with E-state index in [1.807, 2.05) is 44.2 Å². The molecule has 0 aliphatic heterocycles. The Balaban J connectivity index is 2.67. The Morgan fingerprint density at radius 1 is 1.23 bits per heavy atom. The van der Waals surface area contributed by atoms with Crippen LogP contribution in [-0.2, 0) is 0 Å². The van der Waals surface area contributed by atoms with Crippen molar-refractivity contribution in [3.05, 3.63) is 35.9 Å². The van der Waals surface area contributed by atoms with Crippen LogP contribution >= 0.6 is 0 Å². The van der Waals surface area contributed by atoms with Gasteiger partial charge in [-0.15, -0.1) is 0 Å². The molecule has 1 unspecified atom stereocenters. The van der Waals surface area contributed by atoms with Crippen molar-refractivity contribution < 1.29 is 4.39 Å². The molecule has 0 aliphatic rings. The molecular weight excluding hydrogens is 165 g/mol. The maximum absolute atomic E-state index is 12.6. The van der Waals surface area contributed by atoms with Crippen LogP contribution in [0.25, 0.3) is 0 Å². The van der Waals surface area contributed by atoms with Crippen molar-refractivity contribution in [2.24, 2.45) is 0 Å². The number of hydrogen-bond donors (Lipinski definition) is 1. The smallest absolute Gasteiger partial charge is 0.109 e. The summed E-state index contributed by atoms with van der Waals surface area (Å²) in [4.78, 5) is 0. The van der Waals surface area contributed by atoms with E-state index in [1.165, 1.54) is 0 Å². The number of hydrogen-bond acceptors (Lipinski definition) is 1. The number of rotatable bonds is 4. The van der Waals surface area contributed by atoms with E-state index in [2.05, 4.69) is 5.32 Å². The topological polar surface area (TPSA) is 12.0 Å². The molecule has 13 heavy (non-hydrogen) atoms. The van der Waals surface area contributed by atoms with Gasteiger partial charge in [-0.05, 0) is 5.56 Å². The highest BCUT2D eigenvalue weighted by molar-refractivity contribution is 5.18. The second-order valence-electron chi connectivity index (χ2n) is 3.44. The predicted octanol–water partition coefficient (Wildman–Crippen LogP) is 2.70. The summed E-state index contributed by atoms with van der Waals surface area (Å²) in [5, 5.41) is 3.17. The van der Waals surface area contributed by atoms with Gasteiger partial charge in [0.15, 0.2) is 0 Å². The van der Waals surface area contributed by atoms with E-state index < -0.39 is 0 Å². The van der Waals surface area contributed by atoms with E-state index in [0.717, 1.165) is 5.56 Å². The minimum atomic E-state index is -0.359. The average Bonchev–Trinajstić information content (AvgIpc) is 2.15. The van der Waals surface area contributed by atoms with Crippen LogP contribution in [0.15, 0.2) is 30.3 Å². The highest BCUT2D eigenvalue weighted by Gasteiger charge is 2.10. The molecule has 0 saturated heterocycles. The zero-order valence-electron chi connectivity index (χ0n) is 8.13. The zero-order chi connectivity index (χ0) is 9.68. The van der Waals surface area contributed by atoms with Gasteiger partial charge in [0.05, 0.1) is 6.04 Å². The van der Waals surface area contributed by atoms with Crippen LogP contribution in [0, 0.1) is 0 Å². The summed E-state index contributed by atoms with van der Waals surface area (Å²) in [7, 11) is 0. The molecule has 1 atom stereocenters. The quantitative estimate of drug-likeness (QED) is 0.753. The molecule has 0 saturated carbocycles. The van der Waals surface area contributed by atoms with Gasteiger partial charge in [-0.1, -0.05) is 44.2 Å². The first-order valence-corrected chi connectivity index (χ1v) is 4.61. The fourth-order valence-electron chi connectivity index (χ4n) is 1.32. The third kappa shape index (κ3) is 3.15. The van der Waals surface area contributed by atoms with Crippen molar-refractivity contribution in [2.45, 2.75) is 25.9 Å². The van der Waals surface area contributed by atoms with Gasteiger partial charge in [-0.3, -0.25) is 0 Å². The van der Waals surface area contributed by atoms with E-state index in [1.54, 1.807) is 0 Å². The lowest BCUT2D eigenvalue weighted by Gasteiger charge is -2.18. The van der Waals surface area contributed by atoms with E-state index in [0.29, 0.717) is 6.04 Å². The second-order valence-corrected chi connectivity index (χ2v) is 3.44. The molecule has 1 rings (SSSR count). The molecule has 1 nitrogen and oxygen atoms in total. The van der Waals surface area contributed by atoms with Gasteiger partial charge in [0.1, 0.15) is 6.67 Å². The molecule has 0 bridgehead atoms. The number of halogens is 1. The predicted molar refractivity (Wildman–Crippen MR) is 53.4 cm³/mol. The molecule has 0 aliphatic carbocycles. The van der Waals surface area contributed by atoms with Crippen LogP contribution in [-0.4, -0.2) is 12.7 Å². The standard InChI is InChI=1S/C11H16FN/c1-9(2)13-11(8-12)10-6-4-3-5-7-10/h3-7,9,11,13H,8H2,1-2H3. The van der Waals surface area contributed by atoms with Gasteiger partial charge < -0.3 is 5.32 Å². The molecule has 0 amide bonds. The monoisotopic (exact) mass is 181 g/mol. The van der Waals surface area contributed by atoms with Crippen molar-refractivity contribution >= 4 is 0 Å². The fraction of sp³-hybridized carbons (Fsp3) is 0.455. The molecule has 0 aromatic heterocycles. The fourth-order valence-corrected chi connectivity index (χ4v) is 1.32. The number of alkyl halides is 1. The van der Waals surface area contributed by atoms with Crippen LogP contribution in [0.3, 0.4) is 0 Å². The number of nitrogens with one attached hydrogen (secondary N) is 1. The molecule has 0 heterocycles. The van der Waals surface area contributed by atoms with E-state index in [-0.39, 0.29) is 12.7 Å². The summed E-state index contributed by atoms with van der Waals surface area (Å²) < 4.78 is 12.6. The van der Waals surface area contributed by atoms with Gasteiger partial charge in [0.25, 0.3) is 0 Å². The van der Waals surface area contributed by atoms with Crippen LogP contribution < -0.4 is 5.32 Å². The van der Waals surface area contributed by atoms with Gasteiger partial charge in [0.2, 0.25) is 0 Å². The maximum atomic E-state index is 12.6. The van der Waals surface area contributed by atoms with Crippen LogP contribution in [0.5, 0.6) is 0 Å². The van der Waals surface area contributed by atoms with Crippen LogP contribution in [0.4, 0.5) is 4.39 Å². The second kappa shape index (κ2) is 4.97. The molecule has 0 spiro atoms. The zero-order valence-corrected chi connectivity index (χ0v) is 8.13. The molecule has 0 radical (unpaired) electrons. The maximum Gasteiger partial charge on any atom is 0.109 e. The largest absolute Gasteiger partial charge is 0.306 e. The normalized spacial score (nSPS) is 13.2. The minimum Gasteiger partial charge on any atom is -0.306 e. The van der Waals surface area contributed by atoms with Crippen molar-refractivity contribution in [1.29, 1.82) is 0 Å². The number of benzene rings is 1. The molecule has 2 heteroatoms. The van der Waals surface area contributed by atoms with Gasteiger partial charge in [-0.2, -0.15) is 0 Å². The molecule has 0 fully saturated rings. The Morgan fingerprint density at radius 3 is 2.31 bits per heavy atom. The summed E-state index contributed by atoms with van der Waals surface area (Å²) >= 11 is 0. The highest BCUT2D eigenvalue weighted by atomic mass is 19.1. The van der Waals surface area contributed by atoms with Gasteiger partial charge >= 0.3 is 0 Å². The molecule has 1 N–H and O–H groups in total. The third-order valence-corrected chi connectivity index (χ3v) is 1.89. The summed E-state index contributed by atoms with van der Waals surface area (Å²) in [5.74, 6) is 0. The lowest BCUT2D eigenvalue weighted by atomic mass is 10.1. The Labute approximate surface area is 79.0 Å². The van der Waals surface area contributed by atoms with Crippen LogP contribution in [0.2, 0.25) is 0 Å². The lowest BCUT2D eigenvalue weighted by Crippen LogP contribution is -2.29. The third-order valence-electron chi connectivity index (χ3n) is 1.89. The summed E-state index contributed by atoms with van der Waals surface area (Å²) in [6.07, 6.45) is 0. The van der Waals surface area contributed by atoms with Crippen molar-refractivity contribution in [1.82, 2.24) is 5.32 Å². The molecule has 1 aromatic carbocycles. The minimum absolute atomic E-state index is 0.166. The summed E-state index contributed by atoms with van der Waals surface area (Å²) in [6, 6.07) is 9.83. The summed E-state index contributed by atoms with van der Waals surface area (Å²) in [6.45, 7) is 3.68. The summed E-state index contributed by atoms with van der Waals surface area (Å²) in [5.41, 5.74) is 1.01. The van der Waals surface area contributed by atoms with E-state index >= 15 is 0 Å². The van der Waals surface area contributed by atoms with Gasteiger partial charge in [-0.25, -0.2) is 4.39 Å². The molecular formula is C11H16FN. The first kappa shape index (κ1) is 10.2. The van der Waals surface area contributed by atoms with E-state index in [9.17, 15) is 4.39 Å². The first-order chi connectivity index (χ1) is 6.24. The highest BCUT2D eigenvalue weighted by Crippen LogP contribution is 2.13. The van der Waals surface area contributed by atoms with E-state index in [4.69, 9.17) is 0 Å². The molecule has 72 valence electrons. The Hall–Kier alpha value is -0.890. The first-order valence-electron chi connectivity index (χ1n) is 4.61. The Kier molecular flexibility index (Phi) is 3.90. The van der Waals surface area contributed by atoms with Crippen molar-refractivity contribution in [2.75, 3.05) is 6.67 Å². The lowest BCUT2D eigenvalue weighted by molar-refractivity contribution is 0.362. The molecule has 1 aromatic rings. The van der Waals surface area contributed by atoms with Crippen molar-refractivity contribution in [3.63, 3.8) is 0 Å².